The quantitative estimate of drug-likeness (QED) is 0.789. The van der Waals surface area contributed by atoms with Crippen LogP contribution in [0.15, 0.2) is 0 Å². The lowest BCUT2D eigenvalue weighted by Gasteiger charge is -2.27. The van der Waals surface area contributed by atoms with E-state index < -0.39 is 5.97 Å². The lowest BCUT2D eigenvalue weighted by atomic mass is 9.88. The van der Waals surface area contributed by atoms with E-state index in [2.05, 4.69) is 0 Å². The van der Waals surface area contributed by atoms with Crippen LogP contribution in [0.4, 0.5) is 0 Å². The third-order valence-corrected chi connectivity index (χ3v) is 4.60. The number of carboxylic acid groups (broad SMARTS) is 1. The summed E-state index contributed by atoms with van der Waals surface area (Å²) in [5, 5.41) is 8.54. The largest absolute Gasteiger partial charge is 0.481 e. The summed E-state index contributed by atoms with van der Waals surface area (Å²) in [6.45, 7) is 0.868. The van der Waals surface area contributed by atoms with Crippen molar-refractivity contribution in [2.45, 2.75) is 44.9 Å². The van der Waals surface area contributed by atoms with Crippen LogP contribution in [0.2, 0.25) is 0 Å². The SMILES string of the molecule is CN(CC1CC2CCC1C2)C(=O)CCCC(=O)O. The molecule has 2 rings (SSSR count). The Bertz CT molecular complexity index is 329. The zero-order chi connectivity index (χ0) is 13.1. The van der Waals surface area contributed by atoms with Gasteiger partial charge in [-0.05, 0) is 43.4 Å². The van der Waals surface area contributed by atoms with Gasteiger partial charge in [0.1, 0.15) is 0 Å². The van der Waals surface area contributed by atoms with Crippen molar-refractivity contribution in [2.24, 2.45) is 17.8 Å². The predicted molar refractivity (Wildman–Crippen MR) is 68.1 cm³/mol. The van der Waals surface area contributed by atoms with E-state index >= 15 is 0 Å². The molecule has 1 N–H and O–H groups in total. The summed E-state index contributed by atoms with van der Waals surface area (Å²) in [6.07, 6.45) is 6.30. The third-order valence-electron chi connectivity index (χ3n) is 4.60. The minimum absolute atomic E-state index is 0.0910. The molecule has 2 aliphatic rings. The molecule has 2 fully saturated rings. The molecule has 0 aromatic carbocycles. The molecular weight excluding hydrogens is 230 g/mol. The molecule has 18 heavy (non-hydrogen) atoms. The maximum absolute atomic E-state index is 11.9. The first-order valence-electron chi connectivity index (χ1n) is 7.02. The Hall–Kier alpha value is -1.06. The fraction of sp³-hybridized carbons (Fsp3) is 0.857. The molecule has 0 aromatic heterocycles. The third kappa shape index (κ3) is 3.24. The molecule has 4 nitrogen and oxygen atoms in total. The molecule has 0 aliphatic heterocycles. The normalized spacial score (nSPS) is 29.5. The molecule has 0 spiro atoms. The number of carbonyl (C=O) groups excluding carboxylic acids is 1. The number of hydrogen-bond donors (Lipinski definition) is 1. The molecule has 2 saturated carbocycles. The lowest BCUT2D eigenvalue weighted by Crippen LogP contribution is -2.33. The van der Waals surface area contributed by atoms with Crippen LogP contribution < -0.4 is 0 Å². The summed E-state index contributed by atoms with van der Waals surface area (Å²) >= 11 is 0. The molecule has 0 radical (unpaired) electrons. The molecule has 4 heteroatoms. The molecule has 0 heterocycles. The highest BCUT2D eigenvalue weighted by Gasteiger charge is 2.39. The van der Waals surface area contributed by atoms with Crippen molar-refractivity contribution in [1.82, 2.24) is 4.90 Å². The highest BCUT2D eigenvalue weighted by atomic mass is 16.4. The second-order valence-corrected chi connectivity index (χ2v) is 5.96. The zero-order valence-corrected chi connectivity index (χ0v) is 11.1. The van der Waals surface area contributed by atoms with E-state index in [1.807, 2.05) is 11.9 Å². The summed E-state index contributed by atoms with van der Waals surface area (Å²) in [6, 6.07) is 0. The maximum atomic E-state index is 11.9. The van der Waals surface area contributed by atoms with Crippen LogP contribution in [0, 0.1) is 17.8 Å². The van der Waals surface area contributed by atoms with Gasteiger partial charge < -0.3 is 10.0 Å². The summed E-state index contributed by atoms with van der Waals surface area (Å²) in [4.78, 5) is 24.1. The second-order valence-electron chi connectivity index (χ2n) is 5.96. The zero-order valence-electron chi connectivity index (χ0n) is 11.1. The number of fused-ring (bicyclic) bond motifs is 2. The van der Waals surface area contributed by atoms with E-state index in [1.54, 1.807) is 0 Å². The first-order chi connectivity index (χ1) is 8.56. The molecule has 0 aromatic rings. The molecule has 3 unspecified atom stereocenters. The number of hydrogen-bond acceptors (Lipinski definition) is 2. The van der Waals surface area contributed by atoms with Crippen LogP contribution in [0.3, 0.4) is 0 Å². The Kier molecular flexibility index (Phi) is 4.25. The van der Waals surface area contributed by atoms with Crippen molar-refractivity contribution in [3.8, 4) is 0 Å². The van der Waals surface area contributed by atoms with Crippen molar-refractivity contribution in [1.29, 1.82) is 0 Å². The number of carbonyl (C=O) groups is 2. The fourth-order valence-electron chi connectivity index (χ4n) is 3.64. The van der Waals surface area contributed by atoms with Gasteiger partial charge >= 0.3 is 5.97 Å². The van der Waals surface area contributed by atoms with E-state index in [0.717, 1.165) is 18.4 Å². The monoisotopic (exact) mass is 253 g/mol. The van der Waals surface area contributed by atoms with Gasteiger partial charge in [0.25, 0.3) is 0 Å². The van der Waals surface area contributed by atoms with E-state index in [4.69, 9.17) is 5.11 Å². The van der Waals surface area contributed by atoms with Crippen LogP contribution in [0.5, 0.6) is 0 Å². The molecule has 1 amide bonds. The first kappa shape index (κ1) is 13.4. The number of rotatable bonds is 6. The Labute approximate surface area is 108 Å². The highest BCUT2D eigenvalue weighted by molar-refractivity contribution is 5.76. The molecule has 102 valence electrons. The average molecular weight is 253 g/mol. The summed E-state index contributed by atoms with van der Waals surface area (Å²) in [5.74, 6) is 1.72. The van der Waals surface area contributed by atoms with Crippen LogP contribution in [-0.2, 0) is 9.59 Å². The Morgan fingerprint density at radius 1 is 1.22 bits per heavy atom. The Balaban J connectivity index is 1.69. The predicted octanol–water partition coefficient (Wildman–Crippen LogP) is 2.14. The second kappa shape index (κ2) is 5.72. The molecule has 2 aliphatic carbocycles. The van der Waals surface area contributed by atoms with Crippen LogP contribution in [0.1, 0.15) is 44.9 Å². The van der Waals surface area contributed by atoms with E-state index in [-0.39, 0.29) is 12.3 Å². The van der Waals surface area contributed by atoms with Crippen molar-refractivity contribution >= 4 is 11.9 Å². The fourth-order valence-corrected chi connectivity index (χ4v) is 3.64. The van der Waals surface area contributed by atoms with Crippen LogP contribution in [-0.4, -0.2) is 35.5 Å². The Morgan fingerprint density at radius 2 is 2.00 bits per heavy atom. The maximum Gasteiger partial charge on any atom is 0.303 e. The molecule has 3 atom stereocenters. The van der Waals surface area contributed by atoms with E-state index in [1.165, 1.54) is 25.7 Å². The summed E-state index contributed by atoms with van der Waals surface area (Å²) in [5.41, 5.74) is 0. The van der Waals surface area contributed by atoms with Crippen molar-refractivity contribution in [2.75, 3.05) is 13.6 Å². The van der Waals surface area contributed by atoms with Gasteiger partial charge in [0, 0.05) is 26.4 Å². The van der Waals surface area contributed by atoms with Gasteiger partial charge in [-0.2, -0.15) is 0 Å². The molecular formula is C14H23NO3. The highest BCUT2D eigenvalue weighted by Crippen LogP contribution is 2.48. The van der Waals surface area contributed by atoms with Gasteiger partial charge in [0.05, 0.1) is 0 Å². The first-order valence-corrected chi connectivity index (χ1v) is 7.02. The molecule has 0 saturated heterocycles. The average Bonchev–Trinajstić information content (AvgIpc) is 2.90. The van der Waals surface area contributed by atoms with Gasteiger partial charge in [-0.1, -0.05) is 6.42 Å². The number of amides is 1. The van der Waals surface area contributed by atoms with Crippen molar-refractivity contribution < 1.29 is 14.7 Å². The summed E-state index contributed by atoms with van der Waals surface area (Å²) < 4.78 is 0. The summed E-state index contributed by atoms with van der Waals surface area (Å²) in [7, 11) is 1.86. The van der Waals surface area contributed by atoms with Crippen LogP contribution >= 0.6 is 0 Å². The minimum atomic E-state index is -0.821. The topological polar surface area (TPSA) is 57.6 Å². The number of carboxylic acids is 1. The van der Waals surface area contributed by atoms with Gasteiger partial charge in [-0.3, -0.25) is 9.59 Å². The van der Waals surface area contributed by atoms with Gasteiger partial charge in [0.15, 0.2) is 0 Å². The lowest BCUT2D eigenvalue weighted by molar-refractivity contribution is -0.137. The number of nitrogens with zero attached hydrogens (tertiary/aromatic N) is 1. The smallest absolute Gasteiger partial charge is 0.303 e. The van der Waals surface area contributed by atoms with E-state index in [9.17, 15) is 9.59 Å². The van der Waals surface area contributed by atoms with E-state index in [0.29, 0.717) is 18.8 Å². The Morgan fingerprint density at radius 3 is 2.56 bits per heavy atom. The standard InChI is InChI=1S/C14H23NO3/c1-15(13(16)3-2-4-14(17)18)9-12-8-10-5-6-11(12)7-10/h10-12H,2-9H2,1H3,(H,17,18). The van der Waals surface area contributed by atoms with Gasteiger partial charge in [-0.15, -0.1) is 0 Å². The van der Waals surface area contributed by atoms with Gasteiger partial charge in [-0.25, -0.2) is 0 Å². The van der Waals surface area contributed by atoms with Crippen molar-refractivity contribution in [3.05, 3.63) is 0 Å². The van der Waals surface area contributed by atoms with Crippen molar-refractivity contribution in [3.63, 3.8) is 0 Å². The minimum Gasteiger partial charge on any atom is -0.481 e. The number of aliphatic carboxylic acids is 1. The van der Waals surface area contributed by atoms with Gasteiger partial charge in [0.2, 0.25) is 5.91 Å². The molecule has 2 bridgehead atoms. The van der Waals surface area contributed by atoms with Crippen LogP contribution in [0.25, 0.3) is 0 Å².